The Hall–Kier alpha value is -2.20. The van der Waals surface area contributed by atoms with Gasteiger partial charge in [-0.1, -0.05) is 49.5 Å². The number of hydrogen-bond donors (Lipinski definition) is 1. The van der Waals surface area contributed by atoms with Crippen LogP contribution in [0.4, 0.5) is 4.39 Å². The molecular weight excluding hydrogens is 415 g/mol. The van der Waals surface area contributed by atoms with Crippen LogP contribution in [0, 0.1) is 24.1 Å². The molecule has 5 rings (SSSR count). The lowest BCUT2D eigenvalue weighted by Gasteiger charge is -2.48. The third-order valence-corrected chi connectivity index (χ3v) is 8.31. The highest BCUT2D eigenvalue weighted by molar-refractivity contribution is 5.82. The number of carbonyl (C=O) groups excluding carboxylic acids is 1. The van der Waals surface area contributed by atoms with Gasteiger partial charge in [-0.15, -0.1) is 0 Å². The van der Waals surface area contributed by atoms with Gasteiger partial charge in [0.2, 0.25) is 0 Å². The van der Waals surface area contributed by atoms with E-state index in [1.54, 1.807) is 11.6 Å². The van der Waals surface area contributed by atoms with Crippen LogP contribution in [0.5, 0.6) is 0 Å². The zero-order valence-corrected chi connectivity index (χ0v) is 19.6. The smallest absolute Gasteiger partial charge is 0.309 e. The molecule has 0 aromatic heterocycles. The molecule has 2 atom stereocenters. The normalized spacial score (nSPS) is 28.1. The molecule has 0 unspecified atom stereocenters. The molecule has 33 heavy (non-hydrogen) atoms. The van der Waals surface area contributed by atoms with Crippen molar-refractivity contribution >= 4 is 11.5 Å². The van der Waals surface area contributed by atoms with Crippen LogP contribution in [0.25, 0.3) is 5.57 Å². The molecule has 1 heterocycles. The lowest BCUT2D eigenvalue weighted by atomic mass is 9.56. The maximum Gasteiger partial charge on any atom is 0.309 e. The molecule has 1 N–H and O–H groups in total. The monoisotopic (exact) mass is 450 g/mol. The lowest BCUT2D eigenvalue weighted by molar-refractivity contribution is -0.156. The third kappa shape index (κ3) is 4.59. The standard InChI is InChI=1S/C29H35FO3/c1-19-14-21(8-11-27(19)30)25-15-22(20-6-3-2-4-7-20)18-29(12-5-13-29)26(25)10-9-24-16-23(31)17-28(32)33-24/h8-11,14-15,20,23-24,31H,2-7,12-13,16-18H2,1H3/t23-,24-/m1/s1. The van der Waals surface area contributed by atoms with Crippen molar-refractivity contribution in [2.75, 3.05) is 0 Å². The van der Waals surface area contributed by atoms with E-state index in [9.17, 15) is 14.3 Å². The summed E-state index contributed by atoms with van der Waals surface area (Å²) in [4.78, 5) is 11.8. The van der Waals surface area contributed by atoms with Crippen molar-refractivity contribution in [3.63, 3.8) is 0 Å². The Morgan fingerprint density at radius 3 is 2.61 bits per heavy atom. The number of ether oxygens (including phenoxy) is 1. The van der Waals surface area contributed by atoms with Crippen molar-refractivity contribution in [3.8, 4) is 0 Å². The first kappa shape index (κ1) is 22.6. The molecule has 0 amide bonds. The van der Waals surface area contributed by atoms with E-state index in [0.29, 0.717) is 17.9 Å². The maximum absolute atomic E-state index is 14.1. The average Bonchev–Trinajstić information content (AvgIpc) is 2.78. The number of hydrogen-bond acceptors (Lipinski definition) is 3. The number of aliphatic hydroxyl groups is 1. The summed E-state index contributed by atoms with van der Waals surface area (Å²) < 4.78 is 19.6. The summed E-state index contributed by atoms with van der Waals surface area (Å²) in [5, 5.41) is 10.0. The van der Waals surface area contributed by atoms with E-state index in [2.05, 4.69) is 12.2 Å². The van der Waals surface area contributed by atoms with Gasteiger partial charge >= 0.3 is 5.97 Å². The predicted octanol–water partition coefficient (Wildman–Crippen LogP) is 6.59. The highest BCUT2D eigenvalue weighted by Gasteiger charge is 2.44. The number of cyclic esters (lactones) is 1. The topological polar surface area (TPSA) is 46.5 Å². The first-order chi connectivity index (χ1) is 15.9. The summed E-state index contributed by atoms with van der Waals surface area (Å²) in [5.41, 5.74) is 5.90. The molecule has 1 aromatic carbocycles. The highest BCUT2D eigenvalue weighted by Crippen LogP contribution is 2.58. The average molecular weight is 451 g/mol. The van der Waals surface area contributed by atoms with Crippen LogP contribution in [-0.4, -0.2) is 23.3 Å². The van der Waals surface area contributed by atoms with Gasteiger partial charge in [0.05, 0.1) is 12.5 Å². The Morgan fingerprint density at radius 2 is 1.94 bits per heavy atom. The molecule has 1 aromatic rings. The molecule has 4 heteroatoms. The van der Waals surface area contributed by atoms with Gasteiger partial charge in [-0.2, -0.15) is 0 Å². The van der Waals surface area contributed by atoms with Gasteiger partial charge in [0.15, 0.2) is 0 Å². The SMILES string of the molecule is Cc1cc(C2=C(C=C[C@@H]3C[C@@H](O)CC(=O)O3)C3(CCC3)CC(C3CCCCC3)=C2)ccc1F. The van der Waals surface area contributed by atoms with E-state index < -0.39 is 12.2 Å². The molecule has 1 saturated heterocycles. The number of rotatable bonds is 4. The summed E-state index contributed by atoms with van der Waals surface area (Å²) in [6.07, 6.45) is 17.2. The fourth-order valence-corrected chi connectivity index (χ4v) is 6.32. The summed E-state index contributed by atoms with van der Waals surface area (Å²) in [6, 6.07) is 5.45. The van der Waals surface area contributed by atoms with Crippen LogP contribution in [0.3, 0.4) is 0 Å². The molecule has 3 nitrogen and oxygen atoms in total. The molecule has 2 saturated carbocycles. The van der Waals surface area contributed by atoms with Gasteiger partial charge in [0.1, 0.15) is 11.9 Å². The predicted molar refractivity (Wildman–Crippen MR) is 128 cm³/mol. The zero-order chi connectivity index (χ0) is 23.0. The van der Waals surface area contributed by atoms with Crippen LogP contribution in [0.1, 0.15) is 81.8 Å². The van der Waals surface area contributed by atoms with Crippen molar-refractivity contribution in [1.82, 2.24) is 0 Å². The Morgan fingerprint density at radius 1 is 1.15 bits per heavy atom. The fourth-order valence-electron chi connectivity index (χ4n) is 6.32. The second-order valence-electron chi connectivity index (χ2n) is 10.6. The minimum atomic E-state index is -0.643. The summed E-state index contributed by atoms with van der Waals surface area (Å²) >= 11 is 0. The van der Waals surface area contributed by atoms with E-state index in [1.807, 2.05) is 25.1 Å². The maximum atomic E-state index is 14.1. The van der Waals surface area contributed by atoms with Gasteiger partial charge in [0, 0.05) is 6.42 Å². The van der Waals surface area contributed by atoms with Crippen molar-refractivity contribution in [2.24, 2.45) is 11.3 Å². The number of benzene rings is 1. The van der Waals surface area contributed by atoms with Gasteiger partial charge in [-0.3, -0.25) is 4.79 Å². The zero-order valence-electron chi connectivity index (χ0n) is 19.6. The molecule has 1 spiro atoms. The number of esters is 1. The molecule has 0 radical (unpaired) electrons. The largest absolute Gasteiger partial charge is 0.458 e. The number of aliphatic hydroxyl groups excluding tert-OH is 1. The van der Waals surface area contributed by atoms with Crippen molar-refractivity contribution < 1.29 is 19.0 Å². The Labute approximate surface area is 196 Å². The van der Waals surface area contributed by atoms with Gasteiger partial charge < -0.3 is 9.84 Å². The number of halogens is 1. The third-order valence-electron chi connectivity index (χ3n) is 8.31. The second kappa shape index (κ2) is 9.21. The van der Waals surface area contributed by atoms with Crippen LogP contribution in [-0.2, 0) is 9.53 Å². The van der Waals surface area contributed by atoms with Crippen LogP contribution in [0.15, 0.2) is 47.6 Å². The van der Waals surface area contributed by atoms with Crippen molar-refractivity contribution in [1.29, 1.82) is 0 Å². The first-order valence-electron chi connectivity index (χ1n) is 12.7. The van der Waals surface area contributed by atoms with E-state index >= 15 is 0 Å². The highest BCUT2D eigenvalue weighted by atomic mass is 19.1. The Kier molecular flexibility index (Phi) is 6.30. The lowest BCUT2D eigenvalue weighted by Crippen LogP contribution is -2.36. The van der Waals surface area contributed by atoms with E-state index in [1.165, 1.54) is 49.7 Å². The summed E-state index contributed by atoms with van der Waals surface area (Å²) in [7, 11) is 0. The summed E-state index contributed by atoms with van der Waals surface area (Å²) in [6.45, 7) is 1.82. The molecule has 3 fully saturated rings. The Balaban J connectivity index is 1.58. The minimum Gasteiger partial charge on any atom is -0.458 e. The van der Waals surface area contributed by atoms with Gasteiger partial charge in [-0.25, -0.2) is 4.39 Å². The van der Waals surface area contributed by atoms with Gasteiger partial charge in [-0.05, 0) is 90.8 Å². The fraction of sp³-hybridized carbons (Fsp3) is 0.552. The second-order valence-corrected chi connectivity index (χ2v) is 10.6. The van der Waals surface area contributed by atoms with Crippen LogP contribution in [0.2, 0.25) is 0 Å². The summed E-state index contributed by atoms with van der Waals surface area (Å²) in [5.74, 6) is 0.145. The molecular formula is C29H35FO3. The van der Waals surface area contributed by atoms with Crippen LogP contribution < -0.4 is 0 Å². The molecule has 4 aliphatic rings. The van der Waals surface area contributed by atoms with Gasteiger partial charge in [0.25, 0.3) is 0 Å². The first-order valence-corrected chi connectivity index (χ1v) is 12.7. The van der Waals surface area contributed by atoms with E-state index in [0.717, 1.165) is 24.8 Å². The van der Waals surface area contributed by atoms with E-state index in [4.69, 9.17) is 4.74 Å². The van der Waals surface area contributed by atoms with Crippen molar-refractivity contribution in [2.45, 2.75) is 89.8 Å². The Bertz CT molecular complexity index is 1010. The number of allylic oxidation sites excluding steroid dienone is 5. The molecule has 3 aliphatic carbocycles. The van der Waals surface area contributed by atoms with E-state index in [-0.39, 0.29) is 23.6 Å². The molecule has 0 bridgehead atoms. The quantitative estimate of drug-likeness (QED) is 0.526. The molecule has 1 aliphatic heterocycles. The number of carbonyl (C=O) groups is 1. The minimum absolute atomic E-state index is 0.0740. The molecule has 176 valence electrons. The van der Waals surface area contributed by atoms with Crippen molar-refractivity contribution in [3.05, 3.63) is 64.5 Å². The van der Waals surface area contributed by atoms with Crippen LogP contribution >= 0.6 is 0 Å². The number of aryl methyl sites for hydroxylation is 1.